The molecule has 0 aliphatic carbocycles. The molecule has 20 heavy (non-hydrogen) atoms. The van der Waals surface area contributed by atoms with E-state index >= 15 is 0 Å². The Labute approximate surface area is 127 Å². The van der Waals surface area contributed by atoms with E-state index in [1.54, 1.807) is 6.20 Å². The normalized spacial score (nSPS) is 11.2. The van der Waals surface area contributed by atoms with E-state index in [2.05, 4.69) is 20.9 Å². The second-order valence-electron chi connectivity index (χ2n) is 4.57. The lowest BCUT2D eigenvalue weighted by Crippen LogP contribution is -2.09. The third-order valence-electron chi connectivity index (χ3n) is 2.71. The number of halogens is 1. The predicted octanol–water partition coefficient (Wildman–Crippen LogP) is 3.63. The third kappa shape index (κ3) is 3.54. The van der Waals surface area contributed by atoms with Gasteiger partial charge in [0.25, 0.3) is 0 Å². The van der Waals surface area contributed by atoms with Gasteiger partial charge in [0.15, 0.2) is 5.78 Å². The molecule has 0 fully saturated rings. The SMILES string of the molecule is CN(C)/C=C(/C(=O)c1ccccc1)c1ccnc(Br)c1. The van der Waals surface area contributed by atoms with Crippen molar-refractivity contribution in [3.05, 3.63) is 70.6 Å². The van der Waals surface area contributed by atoms with E-state index in [1.807, 2.05) is 67.7 Å². The Kier molecular flexibility index (Phi) is 4.69. The van der Waals surface area contributed by atoms with E-state index in [4.69, 9.17) is 0 Å². The van der Waals surface area contributed by atoms with Crippen molar-refractivity contribution < 1.29 is 4.79 Å². The molecule has 0 atom stereocenters. The lowest BCUT2D eigenvalue weighted by molar-refractivity contribution is 0.105. The Morgan fingerprint density at radius 2 is 1.85 bits per heavy atom. The highest BCUT2D eigenvalue weighted by molar-refractivity contribution is 9.10. The fourth-order valence-corrected chi connectivity index (χ4v) is 2.20. The van der Waals surface area contributed by atoms with E-state index in [1.165, 1.54) is 0 Å². The maximum absolute atomic E-state index is 12.7. The number of hydrogen-bond donors (Lipinski definition) is 0. The quantitative estimate of drug-likeness (QED) is 0.487. The number of carbonyl (C=O) groups is 1. The summed E-state index contributed by atoms with van der Waals surface area (Å²) in [5.74, 6) is -0.00241. The van der Waals surface area contributed by atoms with Crippen LogP contribution in [-0.4, -0.2) is 29.8 Å². The first-order valence-electron chi connectivity index (χ1n) is 6.18. The highest BCUT2D eigenvalue weighted by atomic mass is 79.9. The fourth-order valence-electron chi connectivity index (χ4n) is 1.84. The van der Waals surface area contributed by atoms with Crippen LogP contribution in [0.3, 0.4) is 0 Å². The van der Waals surface area contributed by atoms with Crippen LogP contribution in [-0.2, 0) is 0 Å². The fraction of sp³-hybridized carbons (Fsp3) is 0.125. The van der Waals surface area contributed by atoms with Gasteiger partial charge >= 0.3 is 0 Å². The number of Topliss-reactive ketones (excluding diaryl/α,β-unsaturated/α-hetero) is 1. The van der Waals surface area contributed by atoms with Gasteiger partial charge in [0.2, 0.25) is 0 Å². The minimum atomic E-state index is -0.00241. The Morgan fingerprint density at radius 1 is 1.15 bits per heavy atom. The van der Waals surface area contributed by atoms with E-state index in [0.717, 1.165) is 5.56 Å². The number of rotatable bonds is 4. The summed E-state index contributed by atoms with van der Waals surface area (Å²) in [6.07, 6.45) is 3.51. The van der Waals surface area contributed by atoms with Crippen molar-refractivity contribution in [1.82, 2.24) is 9.88 Å². The zero-order valence-corrected chi connectivity index (χ0v) is 13.0. The Bertz CT molecular complexity index is 636. The van der Waals surface area contributed by atoms with Crippen LogP contribution in [0.4, 0.5) is 0 Å². The van der Waals surface area contributed by atoms with Crippen LogP contribution in [0, 0.1) is 0 Å². The summed E-state index contributed by atoms with van der Waals surface area (Å²) in [5, 5.41) is 0. The molecule has 0 radical (unpaired) electrons. The lowest BCUT2D eigenvalue weighted by Gasteiger charge is -2.12. The third-order valence-corrected chi connectivity index (χ3v) is 3.14. The molecule has 1 heterocycles. The number of nitrogens with zero attached hydrogens (tertiary/aromatic N) is 2. The molecule has 0 spiro atoms. The number of carbonyl (C=O) groups excluding carboxylic acids is 1. The predicted molar refractivity (Wildman–Crippen MR) is 84.4 cm³/mol. The van der Waals surface area contributed by atoms with E-state index in [0.29, 0.717) is 15.7 Å². The average molecular weight is 331 g/mol. The number of allylic oxidation sites excluding steroid dienone is 1. The second kappa shape index (κ2) is 6.48. The average Bonchev–Trinajstić information content (AvgIpc) is 2.45. The molecular weight excluding hydrogens is 316 g/mol. The van der Waals surface area contributed by atoms with Crippen molar-refractivity contribution in [2.45, 2.75) is 0 Å². The molecule has 0 saturated heterocycles. The molecule has 2 rings (SSSR count). The standard InChI is InChI=1S/C16H15BrN2O/c1-19(2)11-14(13-8-9-18-15(17)10-13)16(20)12-6-4-3-5-7-12/h3-11H,1-2H3/b14-11+. The summed E-state index contributed by atoms with van der Waals surface area (Å²) >= 11 is 3.34. The summed E-state index contributed by atoms with van der Waals surface area (Å²) in [5.41, 5.74) is 2.16. The maximum Gasteiger partial charge on any atom is 0.195 e. The molecule has 1 aromatic carbocycles. The van der Waals surface area contributed by atoms with Crippen LogP contribution < -0.4 is 0 Å². The van der Waals surface area contributed by atoms with Gasteiger partial charge in [0.05, 0.1) is 0 Å². The minimum Gasteiger partial charge on any atom is -0.383 e. The van der Waals surface area contributed by atoms with E-state index < -0.39 is 0 Å². The smallest absolute Gasteiger partial charge is 0.195 e. The minimum absolute atomic E-state index is 0.00241. The zero-order valence-electron chi connectivity index (χ0n) is 11.4. The summed E-state index contributed by atoms with van der Waals surface area (Å²) in [4.78, 5) is 18.6. The van der Waals surface area contributed by atoms with Crippen molar-refractivity contribution in [1.29, 1.82) is 0 Å². The van der Waals surface area contributed by atoms with Gasteiger partial charge in [-0.3, -0.25) is 4.79 Å². The summed E-state index contributed by atoms with van der Waals surface area (Å²) in [6.45, 7) is 0. The maximum atomic E-state index is 12.7. The van der Waals surface area contributed by atoms with Gasteiger partial charge in [-0.2, -0.15) is 0 Å². The van der Waals surface area contributed by atoms with Crippen LogP contribution in [0.5, 0.6) is 0 Å². The molecule has 0 amide bonds. The largest absolute Gasteiger partial charge is 0.383 e. The van der Waals surface area contributed by atoms with Crippen LogP contribution in [0.25, 0.3) is 5.57 Å². The number of benzene rings is 1. The van der Waals surface area contributed by atoms with Crippen LogP contribution in [0.2, 0.25) is 0 Å². The molecule has 1 aromatic heterocycles. The number of ketones is 1. The first-order chi connectivity index (χ1) is 9.58. The number of pyridine rings is 1. The molecule has 4 heteroatoms. The molecule has 102 valence electrons. The van der Waals surface area contributed by atoms with Gasteiger partial charge in [-0.25, -0.2) is 4.98 Å². The van der Waals surface area contributed by atoms with Gasteiger partial charge in [-0.05, 0) is 33.6 Å². The van der Waals surface area contributed by atoms with Crippen molar-refractivity contribution in [3.8, 4) is 0 Å². The zero-order chi connectivity index (χ0) is 14.5. The van der Waals surface area contributed by atoms with E-state index in [-0.39, 0.29) is 5.78 Å². The highest BCUT2D eigenvalue weighted by Gasteiger charge is 2.15. The lowest BCUT2D eigenvalue weighted by atomic mass is 9.98. The number of aromatic nitrogens is 1. The monoisotopic (exact) mass is 330 g/mol. The molecule has 3 nitrogen and oxygen atoms in total. The van der Waals surface area contributed by atoms with Gasteiger partial charge in [0.1, 0.15) is 4.60 Å². The van der Waals surface area contributed by atoms with Crippen molar-refractivity contribution in [3.63, 3.8) is 0 Å². The van der Waals surface area contributed by atoms with Crippen LogP contribution >= 0.6 is 15.9 Å². The van der Waals surface area contributed by atoms with Gasteiger partial charge < -0.3 is 4.90 Å². The van der Waals surface area contributed by atoms with Gasteiger partial charge in [0, 0.05) is 37.6 Å². The molecule has 0 unspecified atom stereocenters. The van der Waals surface area contributed by atoms with Gasteiger partial charge in [-0.15, -0.1) is 0 Å². The number of hydrogen-bond acceptors (Lipinski definition) is 3. The molecule has 0 bridgehead atoms. The molecular formula is C16H15BrN2O. The summed E-state index contributed by atoms with van der Waals surface area (Å²) in [6, 6.07) is 12.9. The van der Waals surface area contributed by atoms with Crippen LogP contribution in [0.1, 0.15) is 15.9 Å². The van der Waals surface area contributed by atoms with Crippen LogP contribution in [0.15, 0.2) is 59.5 Å². The summed E-state index contributed by atoms with van der Waals surface area (Å²) < 4.78 is 0.709. The molecule has 0 saturated carbocycles. The first-order valence-corrected chi connectivity index (χ1v) is 6.97. The van der Waals surface area contributed by atoms with Gasteiger partial charge in [-0.1, -0.05) is 30.3 Å². The Balaban J connectivity index is 2.47. The van der Waals surface area contributed by atoms with Crippen molar-refractivity contribution >= 4 is 27.3 Å². The second-order valence-corrected chi connectivity index (χ2v) is 5.38. The summed E-state index contributed by atoms with van der Waals surface area (Å²) in [7, 11) is 3.79. The van der Waals surface area contributed by atoms with E-state index in [9.17, 15) is 4.79 Å². The van der Waals surface area contributed by atoms with Crippen molar-refractivity contribution in [2.24, 2.45) is 0 Å². The first kappa shape index (κ1) is 14.5. The van der Waals surface area contributed by atoms with Crippen molar-refractivity contribution in [2.75, 3.05) is 14.1 Å². The highest BCUT2D eigenvalue weighted by Crippen LogP contribution is 2.22. The molecule has 0 aliphatic rings. The molecule has 0 aliphatic heterocycles. The Morgan fingerprint density at radius 3 is 2.45 bits per heavy atom. The molecule has 2 aromatic rings. The Hall–Kier alpha value is -1.94. The molecule has 0 N–H and O–H groups in total. The topological polar surface area (TPSA) is 33.2 Å².